The Morgan fingerprint density at radius 1 is 1.37 bits per heavy atom. The first kappa shape index (κ1) is 15.7. The number of nitrogens with zero attached hydrogens (tertiary/aromatic N) is 1. The van der Waals surface area contributed by atoms with Gasteiger partial charge < -0.3 is 25.2 Å². The van der Waals surface area contributed by atoms with Gasteiger partial charge >= 0.3 is 12.0 Å². The normalized spacial score (nSPS) is 22.2. The highest BCUT2D eigenvalue weighted by atomic mass is 16.5. The Hall–Kier alpha value is -1.34. The Kier molecular flexibility index (Phi) is 6.58. The number of methoxy groups -OCH3 is 1. The molecule has 2 atom stereocenters. The summed E-state index contributed by atoms with van der Waals surface area (Å²) in [6.07, 6.45) is 1.75. The molecule has 3 N–H and O–H groups in total. The molecule has 110 valence electrons. The molecule has 0 heterocycles. The van der Waals surface area contributed by atoms with Crippen molar-refractivity contribution in [2.24, 2.45) is 5.92 Å². The van der Waals surface area contributed by atoms with Gasteiger partial charge in [0.25, 0.3) is 0 Å². The molecule has 19 heavy (non-hydrogen) atoms. The Bertz CT molecular complexity index is 310. The molecule has 0 aromatic heterocycles. The van der Waals surface area contributed by atoms with Gasteiger partial charge in [-0.3, -0.25) is 4.79 Å². The van der Waals surface area contributed by atoms with E-state index in [4.69, 9.17) is 14.9 Å². The van der Waals surface area contributed by atoms with Crippen molar-refractivity contribution >= 4 is 12.0 Å². The summed E-state index contributed by atoms with van der Waals surface area (Å²) in [7, 11) is 1.55. The molecule has 2 unspecified atom stereocenters. The van der Waals surface area contributed by atoms with Crippen LogP contribution in [0.25, 0.3) is 0 Å². The van der Waals surface area contributed by atoms with E-state index in [1.54, 1.807) is 7.11 Å². The van der Waals surface area contributed by atoms with E-state index in [1.165, 1.54) is 4.90 Å². The van der Waals surface area contributed by atoms with E-state index >= 15 is 0 Å². The van der Waals surface area contributed by atoms with Crippen LogP contribution in [0.1, 0.15) is 19.3 Å². The van der Waals surface area contributed by atoms with Crippen molar-refractivity contribution in [3.05, 3.63) is 0 Å². The molecule has 1 rings (SSSR count). The summed E-state index contributed by atoms with van der Waals surface area (Å²) in [6, 6.07) is -0.375. The van der Waals surface area contributed by atoms with Gasteiger partial charge in [-0.2, -0.15) is 0 Å². The maximum atomic E-state index is 12.0. The molecule has 1 aliphatic carbocycles. The quantitative estimate of drug-likeness (QED) is 0.601. The minimum absolute atomic E-state index is 0.0997. The van der Waals surface area contributed by atoms with Crippen LogP contribution in [0.2, 0.25) is 0 Å². The zero-order valence-electron chi connectivity index (χ0n) is 11.2. The summed E-state index contributed by atoms with van der Waals surface area (Å²) < 4.78 is 4.91. The fourth-order valence-electron chi connectivity index (χ4n) is 2.24. The minimum Gasteiger partial charge on any atom is -0.481 e. The van der Waals surface area contributed by atoms with E-state index < -0.39 is 5.97 Å². The van der Waals surface area contributed by atoms with Gasteiger partial charge in [-0.1, -0.05) is 0 Å². The molecule has 0 saturated heterocycles. The van der Waals surface area contributed by atoms with Crippen LogP contribution in [0.5, 0.6) is 0 Å². The number of nitrogens with one attached hydrogen (secondary N) is 1. The number of hydrogen-bond donors (Lipinski definition) is 3. The predicted molar refractivity (Wildman–Crippen MR) is 67.8 cm³/mol. The van der Waals surface area contributed by atoms with E-state index in [-0.39, 0.29) is 31.1 Å². The van der Waals surface area contributed by atoms with Gasteiger partial charge in [0.15, 0.2) is 0 Å². The van der Waals surface area contributed by atoms with Gasteiger partial charge in [0, 0.05) is 26.2 Å². The summed E-state index contributed by atoms with van der Waals surface area (Å²) in [5.74, 6) is -1.17. The van der Waals surface area contributed by atoms with Crippen LogP contribution < -0.4 is 5.32 Å². The summed E-state index contributed by atoms with van der Waals surface area (Å²) in [5, 5.41) is 20.6. The van der Waals surface area contributed by atoms with Gasteiger partial charge in [-0.05, 0) is 19.3 Å². The van der Waals surface area contributed by atoms with Gasteiger partial charge in [-0.25, -0.2) is 4.79 Å². The highest BCUT2D eigenvalue weighted by Gasteiger charge is 2.31. The van der Waals surface area contributed by atoms with Crippen LogP contribution in [0.3, 0.4) is 0 Å². The van der Waals surface area contributed by atoms with Crippen molar-refractivity contribution in [2.45, 2.75) is 25.3 Å². The topological polar surface area (TPSA) is 99.1 Å². The molecule has 0 aliphatic heterocycles. The molecule has 7 nitrogen and oxygen atoms in total. The molecule has 0 aromatic carbocycles. The van der Waals surface area contributed by atoms with E-state index in [0.717, 1.165) is 0 Å². The van der Waals surface area contributed by atoms with E-state index in [1.807, 2.05) is 0 Å². The van der Waals surface area contributed by atoms with Crippen molar-refractivity contribution in [3.63, 3.8) is 0 Å². The third-order valence-corrected chi connectivity index (χ3v) is 3.33. The third kappa shape index (κ3) is 5.04. The number of carbonyl (C=O) groups excluding carboxylic acids is 1. The summed E-state index contributed by atoms with van der Waals surface area (Å²) in [4.78, 5) is 24.3. The maximum absolute atomic E-state index is 12.0. The Balaban J connectivity index is 2.41. The van der Waals surface area contributed by atoms with Crippen molar-refractivity contribution in [2.75, 3.05) is 33.4 Å². The highest BCUT2D eigenvalue weighted by Crippen LogP contribution is 2.25. The minimum atomic E-state index is -0.802. The number of carbonyl (C=O) groups is 2. The molecular formula is C12H22N2O5. The number of carboxylic acid groups (broad SMARTS) is 1. The fourth-order valence-corrected chi connectivity index (χ4v) is 2.24. The number of carboxylic acids is 1. The van der Waals surface area contributed by atoms with Gasteiger partial charge in [0.1, 0.15) is 0 Å². The fraction of sp³-hybridized carbons (Fsp3) is 0.833. The van der Waals surface area contributed by atoms with Crippen LogP contribution in [0, 0.1) is 5.92 Å². The van der Waals surface area contributed by atoms with Crippen molar-refractivity contribution < 1.29 is 24.5 Å². The van der Waals surface area contributed by atoms with Crippen molar-refractivity contribution in [1.82, 2.24) is 10.2 Å². The first-order valence-corrected chi connectivity index (χ1v) is 6.46. The molecule has 0 spiro atoms. The van der Waals surface area contributed by atoms with Crippen LogP contribution in [-0.2, 0) is 9.53 Å². The summed E-state index contributed by atoms with van der Waals surface area (Å²) in [6.45, 7) is 0.928. The summed E-state index contributed by atoms with van der Waals surface area (Å²) >= 11 is 0. The largest absolute Gasteiger partial charge is 0.481 e. The number of urea groups is 1. The molecule has 0 radical (unpaired) electrons. The second-order valence-electron chi connectivity index (χ2n) is 4.70. The molecule has 1 aliphatic rings. The van der Waals surface area contributed by atoms with Gasteiger partial charge in [0.05, 0.1) is 19.1 Å². The number of hydrogen-bond acceptors (Lipinski definition) is 4. The van der Waals surface area contributed by atoms with Crippen LogP contribution in [-0.4, -0.2) is 66.6 Å². The monoisotopic (exact) mass is 274 g/mol. The molecule has 0 bridgehead atoms. The number of ether oxygens (including phenoxy) is 1. The van der Waals surface area contributed by atoms with E-state index in [9.17, 15) is 9.59 Å². The van der Waals surface area contributed by atoms with E-state index in [0.29, 0.717) is 32.4 Å². The van der Waals surface area contributed by atoms with Gasteiger partial charge in [-0.15, -0.1) is 0 Å². The number of aliphatic hydroxyl groups excluding tert-OH is 1. The van der Waals surface area contributed by atoms with Crippen LogP contribution >= 0.6 is 0 Å². The molecule has 1 fully saturated rings. The molecule has 7 heteroatoms. The Morgan fingerprint density at radius 2 is 2.11 bits per heavy atom. The zero-order chi connectivity index (χ0) is 14.3. The van der Waals surface area contributed by atoms with Crippen molar-refractivity contribution in [3.8, 4) is 0 Å². The SMILES string of the molecule is COCCN(CCO)C(=O)NC1CCC(C(=O)O)C1. The van der Waals surface area contributed by atoms with Crippen LogP contribution in [0.15, 0.2) is 0 Å². The van der Waals surface area contributed by atoms with E-state index in [2.05, 4.69) is 5.32 Å². The molecule has 0 aromatic rings. The number of aliphatic hydroxyl groups is 1. The second kappa shape index (κ2) is 7.96. The average molecular weight is 274 g/mol. The number of aliphatic carboxylic acids is 1. The lowest BCUT2D eigenvalue weighted by molar-refractivity contribution is -0.141. The average Bonchev–Trinajstić information content (AvgIpc) is 2.83. The maximum Gasteiger partial charge on any atom is 0.317 e. The zero-order valence-corrected chi connectivity index (χ0v) is 11.2. The second-order valence-corrected chi connectivity index (χ2v) is 4.70. The summed E-state index contributed by atoms with van der Waals surface area (Å²) in [5.41, 5.74) is 0. The lowest BCUT2D eigenvalue weighted by Crippen LogP contribution is -2.46. The third-order valence-electron chi connectivity index (χ3n) is 3.33. The first-order chi connectivity index (χ1) is 9.08. The molecular weight excluding hydrogens is 252 g/mol. The predicted octanol–water partition coefficient (Wildman–Crippen LogP) is -0.110. The lowest BCUT2D eigenvalue weighted by atomic mass is 10.1. The van der Waals surface area contributed by atoms with Gasteiger partial charge in [0.2, 0.25) is 0 Å². The Labute approximate surface area is 112 Å². The number of amides is 2. The lowest BCUT2D eigenvalue weighted by Gasteiger charge is -2.24. The Morgan fingerprint density at radius 3 is 2.63 bits per heavy atom. The first-order valence-electron chi connectivity index (χ1n) is 6.46. The van der Waals surface area contributed by atoms with Crippen LogP contribution in [0.4, 0.5) is 4.79 Å². The molecule has 2 amide bonds. The van der Waals surface area contributed by atoms with Crippen molar-refractivity contribution in [1.29, 1.82) is 0 Å². The number of rotatable bonds is 7. The standard InChI is InChI=1S/C12H22N2O5/c1-19-7-5-14(4-6-15)12(18)13-10-3-2-9(8-10)11(16)17/h9-10,15H,2-8H2,1H3,(H,13,18)(H,16,17). The smallest absolute Gasteiger partial charge is 0.317 e. The molecule has 1 saturated carbocycles. The highest BCUT2D eigenvalue weighted by molar-refractivity contribution is 5.75.